The molecule has 1 unspecified atom stereocenters. The van der Waals surface area contributed by atoms with Crippen LogP contribution in [-0.2, 0) is 19.2 Å². The van der Waals surface area contributed by atoms with E-state index in [4.69, 9.17) is 0 Å². The van der Waals surface area contributed by atoms with Gasteiger partial charge in [-0.25, -0.2) is 0 Å². The van der Waals surface area contributed by atoms with Crippen molar-refractivity contribution in [1.29, 1.82) is 0 Å². The van der Waals surface area contributed by atoms with Crippen molar-refractivity contribution in [3.8, 4) is 0 Å². The molecule has 0 heterocycles. The van der Waals surface area contributed by atoms with Crippen LogP contribution >= 0.6 is 0 Å². The zero-order chi connectivity index (χ0) is 22.9. The normalized spacial score (nSPS) is 11.5. The molecule has 0 aromatic rings. The predicted octanol–water partition coefficient (Wildman–Crippen LogP) is 1.58. The SMILES string of the molecule is C=C(C)C(=O)NC(CCC)C(NC(=O)C(=C)C)(NC(=O)C(=C)C)NC(=O)C(=C)C. The van der Waals surface area contributed by atoms with Crippen LogP contribution < -0.4 is 21.3 Å². The van der Waals surface area contributed by atoms with Crippen molar-refractivity contribution in [2.24, 2.45) is 0 Å². The lowest BCUT2D eigenvalue weighted by Gasteiger charge is -2.42. The summed E-state index contributed by atoms with van der Waals surface area (Å²) in [5.74, 6) is -4.23. The maximum atomic E-state index is 12.5. The van der Waals surface area contributed by atoms with Gasteiger partial charge in [-0.05, 0) is 34.1 Å². The van der Waals surface area contributed by atoms with E-state index in [1.807, 2.05) is 6.92 Å². The molecule has 0 aromatic carbocycles. The first-order valence-electron chi connectivity index (χ1n) is 9.17. The molecule has 0 aliphatic carbocycles. The predicted molar refractivity (Wildman–Crippen MR) is 113 cm³/mol. The molecule has 0 aliphatic heterocycles. The first-order chi connectivity index (χ1) is 13.3. The van der Waals surface area contributed by atoms with Crippen molar-refractivity contribution in [1.82, 2.24) is 21.3 Å². The van der Waals surface area contributed by atoms with Gasteiger partial charge in [0.05, 0.1) is 6.04 Å². The summed E-state index contributed by atoms with van der Waals surface area (Å²) in [5.41, 5.74) is 0.656. The molecule has 4 amide bonds. The Kier molecular flexibility index (Phi) is 9.79. The van der Waals surface area contributed by atoms with E-state index in [0.717, 1.165) is 0 Å². The number of carbonyl (C=O) groups excluding carboxylic acids is 4. The highest BCUT2D eigenvalue weighted by Gasteiger charge is 2.44. The molecule has 0 radical (unpaired) electrons. The molecule has 8 heteroatoms. The summed E-state index contributed by atoms with van der Waals surface area (Å²) in [6.07, 6.45) is 0.875. The Hall–Kier alpha value is -3.16. The standard InChI is InChI=1S/C21H32N4O4/c1-10-11-16(22-17(26)12(2)3)21(23-18(27)13(4)5,24-19(28)14(6)7)25-20(29)15(8)9/h16H,2,4,6,8,10-11H2,1,3,5,7,9H3,(H,22,26)(H,23,27)(H,24,28)(H,25,29). The summed E-state index contributed by atoms with van der Waals surface area (Å²) >= 11 is 0. The van der Waals surface area contributed by atoms with Gasteiger partial charge in [0.25, 0.3) is 0 Å². The molecule has 0 saturated carbocycles. The number of carbonyl (C=O) groups is 4. The highest BCUT2D eigenvalue weighted by Crippen LogP contribution is 2.15. The second-order valence-electron chi connectivity index (χ2n) is 7.11. The fourth-order valence-electron chi connectivity index (χ4n) is 2.18. The van der Waals surface area contributed by atoms with Crippen LogP contribution in [0.4, 0.5) is 0 Å². The first kappa shape index (κ1) is 25.8. The van der Waals surface area contributed by atoms with Gasteiger partial charge in [-0.15, -0.1) is 0 Å². The zero-order valence-electron chi connectivity index (χ0n) is 18.0. The average molecular weight is 405 g/mol. The van der Waals surface area contributed by atoms with Crippen LogP contribution in [0.5, 0.6) is 0 Å². The quantitative estimate of drug-likeness (QED) is 0.309. The highest BCUT2D eigenvalue weighted by molar-refractivity contribution is 5.98. The van der Waals surface area contributed by atoms with E-state index in [0.29, 0.717) is 12.8 Å². The monoisotopic (exact) mass is 404 g/mol. The maximum Gasteiger partial charge on any atom is 0.249 e. The Morgan fingerprint density at radius 3 is 1.24 bits per heavy atom. The third-order valence-electron chi connectivity index (χ3n) is 3.89. The number of nitrogens with one attached hydrogen (secondary N) is 4. The van der Waals surface area contributed by atoms with Crippen LogP contribution in [-0.4, -0.2) is 35.5 Å². The molecule has 0 bridgehead atoms. The van der Waals surface area contributed by atoms with Gasteiger partial charge >= 0.3 is 0 Å². The fraction of sp³-hybridized carbons (Fsp3) is 0.429. The molecule has 1 atom stereocenters. The van der Waals surface area contributed by atoms with Gasteiger partial charge in [0.1, 0.15) is 0 Å². The van der Waals surface area contributed by atoms with Gasteiger partial charge in [-0.1, -0.05) is 39.7 Å². The van der Waals surface area contributed by atoms with Crippen molar-refractivity contribution in [2.75, 3.05) is 0 Å². The summed E-state index contributed by atoms with van der Waals surface area (Å²) < 4.78 is 0. The Balaban J connectivity index is 6.55. The van der Waals surface area contributed by atoms with E-state index < -0.39 is 35.5 Å². The first-order valence-corrected chi connectivity index (χ1v) is 9.17. The maximum absolute atomic E-state index is 12.5. The molecule has 0 aliphatic rings. The summed E-state index contributed by atoms with van der Waals surface area (Å²) in [7, 11) is 0. The minimum Gasteiger partial charge on any atom is -0.343 e. The Bertz CT molecular complexity index is 682. The van der Waals surface area contributed by atoms with E-state index in [9.17, 15) is 19.2 Å². The lowest BCUT2D eigenvalue weighted by molar-refractivity contribution is -0.131. The topological polar surface area (TPSA) is 116 Å². The smallest absolute Gasteiger partial charge is 0.249 e. The highest BCUT2D eigenvalue weighted by atomic mass is 16.2. The molecule has 0 fully saturated rings. The summed E-state index contributed by atoms with van der Waals surface area (Å²) in [4.78, 5) is 49.8. The van der Waals surface area contributed by atoms with Gasteiger partial charge in [-0.2, -0.15) is 0 Å². The Morgan fingerprint density at radius 1 is 0.690 bits per heavy atom. The lowest BCUT2D eigenvalue weighted by atomic mass is 10.0. The van der Waals surface area contributed by atoms with Crippen LogP contribution in [0.3, 0.4) is 0 Å². The molecule has 0 rings (SSSR count). The minimum atomic E-state index is -1.86. The van der Waals surface area contributed by atoms with Gasteiger partial charge in [-0.3, -0.25) is 19.2 Å². The lowest BCUT2D eigenvalue weighted by Crippen LogP contribution is -2.78. The molecular formula is C21H32N4O4. The molecule has 0 spiro atoms. The Morgan fingerprint density at radius 2 is 1.00 bits per heavy atom. The number of hydrogen-bond acceptors (Lipinski definition) is 4. The third-order valence-corrected chi connectivity index (χ3v) is 3.89. The summed E-state index contributed by atoms with van der Waals surface area (Å²) in [6.45, 7) is 22.2. The number of rotatable bonds is 11. The average Bonchev–Trinajstić information content (AvgIpc) is 2.60. The fourth-order valence-corrected chi connectivity index (χ4v) is 2.18. The van der Waals surface area contributed by atoms with Gasteiger partial charge < -0.3 is 21.3 Å². The number of hydrogen-bond donors (Lipinski definition) is 4. The van der Waals surface area contributed by atoms with E-state index >= 15 is 0 Å². The molecule has 4 N–H and O–H groups in total. The van der Waals surface area contributed by atoms with Crippen molar-refractivity contribution >= 4 is 23.6 Å². The van der Waals surface area contributed by atoms with Crippen molar-refractivity contribution in [3.05, 3.63) is 48.6 Å². The molecule has 160 valence electrons. The molecule has 8 nitrogen and oxygen atoms in total. The third kappa shape index (κ3) is 7.77. The minimum absolute atomic E-state index is 0.144. The van der Waals surface area contributed by atoms with Crippen LogP contribution in [0.1, 0.15) is 47.5 Å². The second kappa shape index (κ2) is 11.0. The van der Waals surface area contributed by atoms with Crippen molar-refractivity contribution in [3.63, 3.8) is 0 Å². The van der Waals surface area contributed by atoms with E-state index in [1.54, 1.807) is 0 Å². The molecule has 0 saturated heterocycles. The zero-order valence-corrected chi connectivity index (χ0v) is 18.0. The van der Waals surface area contributed by atoms with Crippen molar-refractivity contribution < 1.29 is 19.2 Å². The van der Waals surface area contributed by atoms with Crippen LogP contribution in [0.25, 0.3) is 0 Å². The van der Waals surface area contributed by atoms with E-state index in [2.05, 4.69) is 47.6 Å². The van der Waals surface area contributed by atoms with Crippen LogP contribution in [0.2, 0.25) is 0 Å². The summed E-state index contributed by atoms with van der Waals surface area (Å²) in [5, 5.41) is 10.5. The van der Waals surface area contributed by atoms with Crippen molar-refractivity contribution in [2.45, 2.75) is 59.3 Å². The van der Waals surface area contributed by atoms with Crippen LogP contribution in [0.15, 0.2) is 48.6 Å². The largest absolute Gasteiger partial charge is 0.343 e. The molecule has 0 aromatic heterocycles. The van der Waals surface area contributed by atoms with E-state index in [-0.39, 0.29) is 22.3 Å². The Labute approximate surface area is 172 Å². The summed E-state index contributed by atoms with van der Waals surface area (Å²) in [6, 6.07) is -0.911. The van der Waals surface area contributed by atoms with Gasteiger partial charge in [0.2, 0.25) is 29.4 Å². The number of amides is 4. The van der Waals surface area contributed by atoms with Gasteiger partial charge in [0, 0.05) is 22.3 Å². The molecular weight excluding hydrogens is 372 g/mol. The molecule has 29 heavy (non-hydrogen) atoms. The van der Waals surface area contributed by atoms with Crippen LogP contribution in [0, 0.1) is 0 Å². The van der Waals surface area contributed by atoms with E-state index in [1.165, 1.54) is 27.7 Å². The second-order valence-corrected chi connectivity index (χ2v) is 7.11. The van der Waals surface area contributed by atoms with Gasteiger partial charge in [0.15, 0.2) is 0 Å².